The lowest BCUT2D eigenvalue weighted by atomic mass is 10.2. The minimum Gasteiger partial charge on any atom is -0.496 e. The fourth-order valence-electron chi connectivity index (χ4n) is 1.30. The molecule has 0 aromatic heterocycles. The molecule has 0 fully saturated rings. The summed E-state index contributed by atoms with van der Waals surface area (Å²) in [5, 5.41) is 3.20. The second-order valence-corrected chi connectivity index (χ2v) is 5.25. The number of halogens is 1. The van der Waals surface area contributed by atoms with Crippen LogP contribution in [0.15, 0.2) is 18.2 Å². The largest absolute Gasteiger partial charge is 0.496 e. The van der Waals surface area contributed by atoms with Gasteiger partial charge in [0, 0.05) is 19.2 Å². The van der Waals surface area contributed by atoms with Crippen molar-refractivity contribution in [1.29, 1.82) is 0 Å². The number of ether oxygens (including phenoxy) is 2. The van der Waals surface area contributed by atoms with Crippen LogP contribution in [-0.4, -0.2) is 38.4 Å². The Labute approximate surface area is 136 Å². The Morgan fingerprint density at radius 2 is 2.10 bits per heavy atom. The summed E-state index contributed by atoms with van der Waals surface area (Å²) in [6.45, 7) is 1.10. The highest BCUT2D eigenvalue weighted by atomic mass is 127. The number of thiocarbonyl (C=S) groups is 1. The monoisotopic (exact) mass is 409 g/mol. The van der Waals surface area contributed by atoms with Crippen LogP contribution in [0, 0.1) is 3.57 Å². The molecule has 8 heteroatoms. The smallest absolute Gasteiger partial charge is 0.269 e. The highest BCUT2D eigenvalue weighted by molar-refractivity contribution is 14.1. The molecule has 1 amide bonds. The van der Waals surface area contributed by atoms with Crippen molar-refractivity contribution in [3.63, 3.8) is 0 Å². The van der Waals surface area contributed by atoms with Gasteiger partial charge < -0.3 is 14.8 Å². The van der Waals surface area contributed by atoms with Gasteiger partial charge in [0.05, 0.1) is 17.3 Å². The van der Waals surface area contributed by atoms with E-state index in [-0.39, 0.29) is 5.91 Å². The van der Waals surface area contributed by atoms with E-state index in [4.69, 9.17) is 21.7 Å². The van der Waals surface area contributed by atoms with E-state index >= 15 is 0 Å². The maximum Gasteiger partial charge on any atom is 0.269 e. The average Bonchev–Trinajstić information content (AvgIpc) is 2.45. The molecule has 110 valence electrons. The molecule has 0 spiro atoms. The first-order chi connectivity index (χ1) is 9.58. The van der Waals surface area contributed by atoms with Crippen LogP contribution < -0.4 is 20.9 Å². The summed E-state index contributed by atoms with van der Waals surface area (Å²) in [6.07, 6.45) is 0. The van der Waals surface area contributed by atoms with E-state index in [9.17, 15) is 4.79 Å². The Morgan fingerprint density at radius 3 is 2.75 bits per heavy atom. The van der Waals surface area contributed by atoms with Gasteiger partial charge in [-0.05, 0) is 53.0 Å². The van der Waals surface area contributed by atoms with Gasteiger partial charge in [0.1, 0.15) is 5.75 Å². The number of hydrazine groups is 1. The Kier molecular flexibility index (Phi) is 7.55. The van der Waals surface area contributed by atoms with Gasteiger partial charge in [-0.25, -0.2) is 0 Å². The molecular weight excluding hydrogens is 393 g/mol. The predicted molar refractivity (Wildman–Crippen MR) is 88.8 cm³/mol. The van der Waals surface area contributed by atoms with Crippen molar-refractivity contribution in [2.75, 3.05) is 27.4 Å². The second kappa shape index (κ2) is 8.93. The number of hydrogen-bond acceptors (Lipinski definition) is 4. The standard InChI is InChI=1S/C12H16IN3O3S/c1-18-6-5-14-12(20)16-15-11(17)8-3-4-9(13)10(7-8)19-2/h3-4,7H,5-6H2,1-2H3,(H,15,17)(H2,14,16,20). The zero-order valence-corrected chi connectivity index (χ0v) is 14.1. The molecule has 0 atom stereocenters. The van der Waals surface area contributed by atoms with E-state index in [1.54, 1.807) is 26.4 Å². The summed E-state index contributed by atoms with van der Waals surface area (Å²) < 4.78 is 11.0. The van der Waals surface area contributed by atoms with Gasteiger partial charge in [-0.15, -0.1) is 0 Å². The third-order valence-corrected chi connectivity index (χ3v) is 3.43. The quantitative estimate of drug-likeness (QED) is 0.293. The number of nitrogens with one attached hydrogen (secondary N) is 3. The first kappa shape index (κ1) is 16.9. The number of methoxy groups -OCH3 is 2. The highest BCUT2D eigenvalue weighted by Crippen LogP contribution is 2.21. The second-order valence-electron chi connectivity index (χ2n) is 3.68. The number of carbonyl (C=O) groups is 1. The van der Waals surface area contributed by atoms with Crippen molar-refractivity contribution in [2.24, 2.45) is 0 Å². The van der Waals surface area contributed by atoms with Crippen LogP contribution in [0.1, 0.15) is 10.4 Å². The SMILES string of the molecule is COCCNC(=S)NNC(=O)c1ccc(I)c(OC)c1. The fourth-order valence-corrected chi connectivity index (χ4v) is 2.01. The van der Waals surface area contributed by atoms with Crippen molar-refractivity contribution < 1.29 is 14.3 Å². The van der Waals surface area contributed by atoms with Crippen molar-refractivity contribution in [1.82, 2.24) is 16.2 Å². The topological polar surface area (TPSA) is 71.6 Å². The van der Waals surface area contributed by atoms with Gasteiger partial charge in [0.2, 0.25) is 0 Å². The lowest BCUT2D eigenvalue weighted by molar-refractivity contribution is 0.0943. The molecule has 0 bridgehead atoms. The highest BCUT2D eigenvalue weighted by Gasteiger charge is 2.09. The number of benzene rings is 1. The molecule has 3 N–H and O–H groups in total. The van der Waals surface area contributed by atoms with E-state index in [2.05, 4.69) is 38.8 Å². The summed E-state index contributed by atoms with van der Waals surface area (Å²) in [4.78, 5) is 11.9. The lowest BCUT2D eigenvalue weighted by Crippen LogP contribution is -2.47. The van der Waals surface area contributed by atoms with Crippen molar-refractivity contribution >= 4 is 45.8 Å². The van der Waals surface area contributed by atoms with Crippen LogP contribution in [-0.2, 0) is 4.74 Å². The zero-order chi connectivity index (χ0) is 15.0. The van der Waals surface area contributed by atoms with Crippen molar-refractivity contribution in [3.05, 3.63) is 27.3 Å². The van der Waals surface area contributed by atoms with E-state index in [1.807, 2.05) is 6.07 Å². The van der Waals surface area contributed by atoms with E-state index in [0.717, 1.165) is 3.57 Å². The molecular formula is C12H16IN3O3S. The normalized spacial score (nSPS) is 9.75. The Balaban J connectivity index is 2.48. The molecule has 0 unspecified atom stereocenters. The molecule has 0 aliphatic carbocycles. The number of rotatable bonds is 5. The molecule has 1 aromatic carbocycles. The summed E-state index contributed by atoms with van der Waals surface area (Å²) in [5.41, 5.74) is 5.60. The van der Waals surface area contributed by atoms with Crippen LogP contribution in [0.3, 0.4) is 0 Å². The Morgan fingerprint density at radius 1 is 1.35 bits per heavy atom. The van der Waals surface area contributed by atoms with Crippen LogP contribution in [0.5, 0.6) is 5.75 Å². The first-order valence-corrected chi connectivity index (χ1v) is 7.24. The van der Waals surface area contributed by atoms with Gasteiger partial charge in [0.15, 0.2) is 5.11 Å². The number of amides is 1. The maximum atomic E-state index is 11.9. The van der Waals surface area contributed by atoms with Crippen LogP contribution in [0.4, 0.5) is 0 Å². The van der Waals surface area contributed by atoms with Crippen LogP contribution in [0.25, 0.3) is 0 Å². The molecule has 0 radical (unpaired) electrons. The van der Waals surface area contributed by atoms with Gasteiger partial charge in [0.25, 0.3) is 5.91 Å². The summed E-state index contributed by atoms with van der Waals surface area (Å²) in [6, 6.07) is 5.19. The number of carbonyl (C=O) groups excluding carboxylic acids is 1. The van der Waals surface area contributed by atoms with Gasteiger partial charge in [-0.2, -0.15) is 0 Å². The molecule has 0 saturated heterocycles. The third kappa shape index (κ3) is 5.47. The Bertz CT molecular complexity index is 485. The van der Waals surface area contributed by atoms with E-state index < -0.39 is 0 Å². The molecule has 0 heterocycles. The fraction of sp³-hybridized carbons (Fsp3) is 0.333. The summed E-state index contributed by atoms with van der Waals surface area (Å²) >= 11 is 7.12. The minimum absolute atomic E-state index is 0.296. The Hall–Kier alpha value is -1.13. The number of hydrogen-bond donors (Lipinski definition) is 3. The molecule has 1 rings (SSSR count). The molecule has 20 heavy (non-hydrogen) atoms. The van der Waals surface area contributed by atoms with Crippen LogP contribution >= 0.6 is 34.8 Å². The van der Waals surface area contributed by atoms with Gasteiger partial charge in [-0.1, -0.05) is 0 Å². The van der Waals surface area contributed by atoms with Crippen molar-refractivity contribution in [3.8, 4) is 5.75 Å². The zero-order valence-electron chi connectivity index (χ0n) is 11.2. The third-order valence-electron chi connectivity index (χ3n) is 2.29. The molecule has 0 aliphatic rings. The van der Waals surface area contributed by atoms with Gasteiger partial charge >= 0.3 is 0 Å². The van der Waals surface area contributed by atoms with Crippen molar-refractivity contribution in [2.45, 2.75) is 0 Å². The minimum atomic E-state index is -0.296. The predicted octanol–water partition coefficient (Wildman–Crippen LogP) is 1.06. The van der Waals surface area contributed by atoms with Gasteiger partial charge in [-0.3, -0.25) is 15.6 Å². The molecule has 1 aromatic rings. The molecule has 0 saturated carbocycles. The molecule has 0 aliphatic heterocycles. The van der Waals surface area contributed by atoms with E-state index in [0.29, 0.717) is 29.6 Å². The maximum absolute atomic E-state index is 11.9. The molecule has 6 nitrogen and oxygen atoms in total. The summed E-state index contributed by atoms with van der Waals surface area (Å²) in [7, 11) is 3.16. The first-order valence-electron chi connectivity index (χ1n) is 5.75. The average molecular weight is 409 g/mol. The lowest BCUT2D eigenvalue weighted by Gasteiger charge is -2.12. The van der Waals surface area contributed by atoms with Crippen LogP contribution in [0.2, 0.25) is 0 Å². The summed E-state index contributed by atoms with van der Waals surface area (Å²) in [5.74, 6) is 0.356. The van der Waals surface area contributed by atoms with E-state index in [1.165, 1.54) is 0 Å².